The number of pyridine rings is 1. The Bertz CT molecular complexity index is 1290. The van der Waals surface area contributed by atoms with Crippen molar-refractivity contribution >= 4 is 17.4 Å². The Morgan fingerprint density at radius 3 is 2.37 bits per heavy atom. The first-order chi connectivity index (χ1) is 16.6. The SMILES string of the molecule is COc1ccc(CN2C(=O)C(=O)/C(=C(/O)c3cc(C(C)(C)C)ccc3C)C2c2ccccn2)cc1. The Hall–Kier alpha value is -3.93. The second kappa shape index (κ2) is 9.37. The average molecular weight is 471 g/mol. The van der Waals surface area contributed by atoms with Crippen molar-refractivity contribution in [1.82, 2.24) is 9.88 Å². The first kappa shape index (κ1) is 24.2. The number of nitrogens with zero attached hydrogens (tertiary/aromatic N) is 2. The van der Waals surface area contributed by atoms with Crippen LogP contribution < -0.4 is 4.74 Å². The second-order valence-corrected chi connectivity index (χ2v) is 9.81. The Morgan fingerprint density at radius 2 is 1.77 bits per heavy atom. The molecule has 1 fully saturated rings. The Labute approximate surface area is 205 Å². The van der Waals surface area contributed by atoms with Crippen LogP contribution in [0.5, 0.6) is 5.75 Å². The van der Waals surface area contributed by atoms with Crippen LogP contribution in [-0.4, -0.2) is 33.8 Å². The zero-order valence-electron chi connectivity index (χ0n) is 20.7. The first-order valence-corrected chi connectivity index (χ1v) is 11.6. The van der Waals surface area contributed by atoms with Crippen LogP contribution in [0.25, 0.3) is 5.76 Å². The molecule has 0 bridgehead atoms. The summed E-state index contributed by atoms with van der Waals surface area (Å²) in [6.07, 6.45) is 1.62. The van der Waals surface area contributed by atoms with E-state index in [1.807, 2.05) is 49.4 Å². The van der Waals surface area contributed by atoms with E-state index in [1.165, 1.54) is 4.90 Å². The summed E-state index contributed by atoms with van der Waals surface area (Å²) < 4.78 is 5.22. The van der Waals surface area contributed by atoms with Gasteiger partial charge in [-0.3, -0.25) is 14.6 Å². The van der Waals surface area contributed by atoms with Gasteiger partial charge in [-0.25, -0.2) is 0 Å². The summed E-state index contributed by atoms with van der Waals surface area (Å²) in [6.45, 7) is 8.33. The molecule has 1 N–H and O–H groups in total. The highest BCUT2D eigenvalue weighted by atomic mass is 16.5. The van der Waals surface area contributed by atoms with E-state index in [0.717, 1.165) is 16.7 Å². The molecule has 35 heavy (non-hydrogen) atoms. The van der Waals surface area contributed by atoms with Gasteiger partial charge in [-0.15, -0.1) is 0 Å². The van der Waals surface area contributed by atoms with Crippen molar-refractivity contribution in [3.05, 3.63) is 100 Å². The molecule has 2 aromatic carbocycles. The minimum atomic E-state index is -0.809. The van der Waals surface area contributed by atoms with Crippen molar-refractivity contribution in [2.75, 3.05) is 7.11 Å². The monoisotopic (exact) mass is 470 g/mol. The maximum atomic E-state index is 13.3. The lowest BCUT2D eigenvalue weighted by Crippen LogP contribution is -2.29. The topological polar surface area (TPSA) is 79.7 Å². The molecule has 1 amide bonds. The molecule has 1 aromatic heterocycles. The molecule has 3 aromatic rings. The van der Waals surface area contributed by atoms with Gasteiger partial charge in [0, 0.05) is 18.3 Å². The molecular formula is C29H30N2O4. The molecule has 2 heterocycles. The van der Waals surface area contributed by atoms with Crippen LogP contribution >= 0.6 is 0 Å². The van der Waals surface area contributed by atoms with Crippen LogP contribution in [0.2, 0.25) is 0 Å². The summed E-state index contributed by atoms with van der Waals surface area (Å²) in [4.78, 5) is 32.5. The standard InChI is InChI=1S/C29H30N2O4/c1-18-9-12-20(29(2,3)4)16-22(18)26(32)24-25(23-8-6-7-15-30-23)31(28(34)27(24)33)17-19-10-13-21(35-5)14-11-19/h6-16,25,32H,17H2,1-5H3/b26-24+. The van der Waals surface area contributed by atoms with Crippen LogP contribution in [0.4, 0.5) is 0 Å². The number of aromatic nitrogens is 1. The van der Waals surface area contributed by atoms with Crippen molar-refractivity contribution in [2.24, 2.45) is 0 Å². The van der Waals surface area contributed by atoms with E-state index in [0.29, 0.717) is 17.0 Å². The minimum absolute atomic E-state index is 0.0522. The number of Topliss-reactive ketones (excluding diaryl/α,β-unsaturated/α-hetero) is 1. The molecule has 4 rings (SSSR count). The van der Waals surface area contributed by atoms with Crippen LogP contribution in [0, 0.1) is 6.92 Å². The lowest BCUT2D eigenvalue weighted by Gasteiger charge is -2.25. The van der Waals surface area contributed by atoms with Gasteiger partial charge >= 0.3 is 0 Å². The molecule has 0 saturated carbocycles. The van der Waals surface area contributed by atoms with Crippen molar-refractivity contribution in [2.45, 2.75) is 45.7 Å². The number of ketones is 1. The molecule has 1 unspecified atom stereocenters. The highest BCUT2D eigenvalue weighted by molar-refractivity contribution is 6.46. The zero-order valence-corrected chi connectivity index (χ0v) is 20.7. The van der Waals surface area contributed by atoms with Crippen molar-refractivity contribution in [1.29, 1.82) is 0 Å². The van der Waals surface area contributed by atoms with Crippen molar-refractivity contribution in [3.63, 3.8) is 0 Å². The van der Waals surface area contributed by atoms with E-state index in [1.54, 1.807) is 31.5 Å². The molecule has 1 atom stereocenters. The van der Waals surface area contributed by atoms with Gasteiger partial charge in [-0.1, -0.05) is 51.1 Å². The zero-order chi connectivity index (χ0) is 25.3. The quantitative estimate of drug-likeness (QED) is 0.310. The molecule has 1 saturated heterocycles. The summed E-state index contributed by atoms with van der Waals surface area (Å²) >= 11 is 0. The van der Waals surface area contributed by atoms with Crippen LogP contribution in [-0.2, 0) is 21.5 Å². The average Bonchev–Trinajstić information content (AvgIpc) is 3.09. The lowest BCUT2D eigenvalue weighted by atomic mass is 9.84. The van der Waals surface area contributed by atoms with Gasteiger partial charge in [-0.2, -0.15) is 0 Å². The van der Waals surface area contributed by atoms with E-state index < -0.39 is 17.7 Å². The van der Waals surface area contributed by atoms with Crippen LogP contribution in [0.1, 0.15) is 54.8 Å². The number of benzene rings is 2. The normalized spacial score (nSPS) is 17.6. The van der Waals surface area contributed by atoms with Crippen molar-refractivity contribution in [3.8, 4) is 5.75 Å². The number of aliphatic hydroxyl groups is 1. The Kier molecular flexibility index (Phi) is 6.48. The molecule has 0 radical (unpaired) electrons. The molecule has 6 heteroatoms. The number of ether oxygens (including phenoxy) is 1. The molecule has 0 aliphatic carbocycles. The lowest BCUT2D eigenvalue weighted by molar-refractivity contribution is -0.140. The number of likely N-dealkylation sites (tertiary alicyclic amines) is 1. The van der Waals surface area contributed by atoms with Gasteiger partial charge in [0.25, 0.3) is 11.7 Å². The third-order valence-electron chi connectivity index (χ3n) is 6.38. The third kappa shape index (κ3) is 4.69. The maximum absolute atomic E-state index is 13.3. The second-order valence-electron chi connectivity index (χ2n) is 9.81. The minimum Gasteiger partial charge on any atom is -0.507 e. The van der Waals surface area contributed by atoms with E-state index in [-0.39, 0.29) is 23.3 Å². The van der Waals surface area contributed by atoms with Gasteiger partial charge < -0.3 is 14.7 Å². The first-order valence-electron chi connectivity index (χ1n) is 11.6. The summed E-state index contributed by atoms with van der Waals surface area (Å²) in [5.74, 6) is -0.860. The number of amides is 1. The molecule has 0 spiro atoms. The summed E-state index contributed by atoms with van der Waals surface area (Å²) in [5.41, 5.74) is 3.63. The summed E-state index contributed by atoms with van der Waals surface area (Å²) in [6, 6.07) is 17.7. The molecule has 180 valence electrons. The number of hydrogen-bond donors (Lipinski definition) is 1. The molecule has 1 aliphatic rings. The number of hydrogen-bond acceptors (Lipinski definition) is 5. The van der Waals surface area contributed by atoms with Gasteiger partial charge in [0.2, 0.25) is 0 Å². The molecule has 6 nitrogen and oxygen atoms in total. The van der Waals surface area contributed by atoms with E-state index in [2.05, 4.69) is 25.8 Å². The number of aliphatic hydroxyl groups excluding tert-OH is 1. The van der Waals surface area contributed by atoms with Gasteiger partial charge in [0.05, 0.1) is 18.4 Å². The number of rotatable bonds is 5. The number of aryl methyl sites for hydroxylation is 1. The van der Waals surface area contributed by atoms with Crippen LogP contribution in [0.3, 0.4) is 0 Å². The Balaban J connectivity index is 1.86. The van der Waals surface area contributed by atoms with Gasteiger partial charge in [0.15, 0.2) is 0 Å². The van der Waals surface area contributed by atoms with E-state index in [9.17, 15) is 14.7 Å². The van der Waals surface area contributed by atoms with E-state index in [4.69, 9.17) is 4.74 Å². The fourth-order valence-electron chi connectivity index (χ4n) is 4.30. The highest BCUT2D eigenvalue weighted by Gasteiger charge is 2.46. The van der Waals surface area contributed by atoms with Gasteiger partial charge in [-0.05, 0) is 59.4 Å². The molecule has 1 aliphatic heterocycles. The largest absolute Gasteiger partial charge is 0.507 e. The van der Waals surface area contributed by atoms with Crippen LogP contribution in [0.15, 0.2) is 72.4 Å². The fourth-order valence-corrected chi connectivity index (χ4v) is 4.30. The summed E-state index contributed by atoms with van der Waals surface area (Å²) in [7, 11) is 1.59. The number of methoxy groups -OCH3 is 1. The smallest absolute Gasteiger partial charge is 0.296 e. The maximum Gasteiger partial charge on any atom is 0.296 e. The fraction of sp³-hybridized carbons (Fsp3) is 0.276. The Morgan fingerprint density at radius 1 is 1.06 bits per heavy atom. The predicted octanol–water partition coefficient (Wildman–Crippen LogP) is 5.32. The third-order valence-corrected chi connectivity index (χ3v) is 6.38. The summed E-state index contributed by atoms with van der Waals surface area (Å²) in [5, 5.41) is 11.5. The van der Waals surface area contributed by atoms with Gasteiger partial charge in [0.1, 0.15) is 17.6 Å². The number of carbonyl (C=O) groups excluding carboxylic acids is 2. The van der Waals surface area contributed by atoms with E-state index >= 15 is 0 Å². The van der Waals surface area contributed by atoms with Crippen molar-refractivity contribution < 1.29 is 19.4 Å². The molecular weight excluding hydrogens is 440 g/mol. The predicted molar refractivity (Wildman–Crippen MR) is 135 cm³/mol. The highest BCUT2D eigenvalue weighted by Crippen LogP contribution is 2.40. The number of carbonyl (C=O) groups is 2.